The number of benzene rings is 2. The summed E-state index contributed by atoms with van der Waals surface area (Å²) in [5, 5.41) is 16.3. The number of fused-ring (bicyclic) bond motifs is 4. The molecule has 2 aromatic carbocycles. The van der Waals surface area contributed by atoms with E-state index in [1.807, 2.05) is 30.5 Å². The van der Waals surface area contributed by atoms with Crippen LogP contribution in [0.4, 0.5) is 5.69 Å². The number of pyridine rings is 2. The minimum atomic E-state index is 0.211. The molecule has 41 heavy (non-hydrogen) atoms. The van der Waals surface area contributed by atoms with Gasteiger partial charge in [0.2, 0.25) is 5.88 Å². The Bertz CT molecular complexity index is 1590. The number of ether oxygens (including phenoxy) is 2. The number of hydrogen-bond donors (Lipinski definition) is 2. The highest BCUT2D eigenvalue weighted by molar-refractivity contribution is 6.00. The Morgan fingerprint density at radius 3 is 2.63 bits per heavy atom. The molecule has 2 unspecified atom stereocenters. The summed E-state index contributed by atoms with van der Waals surface area (Å²) in [5.74, 6) is 0.919. The van der Waals surface area contributed by atoms with Crippen molar-refractivity contribution in [2.75, 3.05) is 57.4 Å². The van der Waals surface area contributed by atoms with E-state index >= 15 is 0 Å². The Morgan fingerprint density at radius 1 is 1.02 bits per heavy atom. The van der Waals surface area contributed by atoms with E-state index in [1.54, 1.807) is 6.07 Å². The molecule has 4 aliphatic rings. The zero-order valence-electron chi connectivity index (χ0n) is 23.4. The second-order valence-corrected chi connectivity index (χ2v) is 12.5. The number of morpholine rings is 1. The molecule has 3 saturated heterocycles. The number of phenols is 1. The molecule has 2 atom stereocenters. The molecule has 8 rings (SSSR count). The van der Waals surface area contributed by atoms with Crippen LogP contribution in [0.15, 0.2) is 54.7 Å². The smallest absolute Gasteiger partial charge is 0.216 e. The first-order valence-corrected chi connectivity index (χ1v) is 15.1. The lowest BCUT2D eigenvalue weighted by atomic mass is 9.98. The van der Waals surface area contributed by atoms with Crippen molar-refractivity contribution in [3.63, 3.8) is 0 Å². The largest absolute Gasteiger partial charge is 0.508 e. The van der Waals surface area contributed by atoms with Gasteiger partial charge in [0.05, 0.1) is 31.0 Å². The van der Waals surface area contributed by atoms with E-state index in [1.165, 1.54) is 25.7 Å². The maximum Gasteiger partial charge on any atom is 0.216 e. The third-order valence-corrected chi connectivity index (χ3v) is 9.46. The van der Waals surface area contributed by atoms with Gasteiger partial charge in [0.1, 0.15) is 11.3 Å². The van der Waals surface area contributed by atoms with Crippen LogP contribution in [0.1, 0.15) is 25.7 Å². The SMILES string of the molecule is Oc1cc(-c2cnc3c(N4CC5CCC(C4)N5)cc(OCC4(CN5CCOCC5)CC4)nc3c2)c2ccccc2c1. The molecule has 2 aromatic heterocycles. The first-order valence-electron chi connectivity index (χ1n) is 15.1. The number of rotatable bonds is 7. The lowest BCUT2D eigenvalue weighted by Crippen LogP contribution is -2.51. The molecule has 0 amide bonds. The predicted octanol–water partition coefficient (Wildman–Crippen LogP) is 4.59. The van der Waals surface area contributed by atoms with Crippen LogP contribution in [0.2, 0.25) is 0 Å². The highest BCUT2D eigenvalue weighted by Gasteiger charge is 2.45. The van der Waals surface area contributed by atoms with E-state index in [0.29, 0.717) is 24.6 Å². The molecule has 1 saturated carbocycles. The van der Waals surface area contributed by atoms with Gasteiger partial charge in [0.15, 0.2) is 0 Å². The van der Waals surface area contributed by atoms with Crippen molar-refractivity contribution < 1.29 is 14.6 Å². The Hall–Kier alpha value is -3.46. The van der Waals surface area contributed by atoms with Gasteiger partial charge in [-0.25, -0.2) is 4.98 Å². The number of nitrogens with zero attached hydrogens (tertiary/aromatic N) is 4. The van der Waals surface area contributed by atoms with Crippen LogP contribution in [-0.2, 0) is 4.74 Å². The van der Waals surface area contributed by atoms with Crippen LogP contribution in [0.3, 0.4) is 0 Å². The van der Waals surface area contributed by atoms with Crippen molar-refractivity contribution in [1.29, 1.82) is 0 Å². The predicted molar refractivity (Wildman–Crippen MR) is 161 cm³/mol. The second-order valence-electron chi connectivity index (χ2n) is 12.5. The summed E-state index contributed by atoms with van der Waals surface area (Å²) in [5.41, 5.74) is 4.93. The molecule has 212 valence electrons. The fraction of sp³-hybridized carbons (Fsp3) is 0.455. The van der Waals surface area contributed by atoms with E-state index in [2.05, 4.69) is 33.3 Å². The molecule has 0 spiro atoms. The Balaban J connectivity index is 1.16. The normalized spacial score (nSPS) is 23.8. The first kappa shape index (κ1) is 25.3. The van der Waals surface area contributed by atoms with Gasteiger partial charge in [0.25, 0.3) is 0 Å². The zero-order chi connectivity index (χ0) is 27.4. The first-order chi connectivity index (χ1) is 20.1. The summed E-state index contributed by atoms with van der Waals surface area (Å²) in [4.78, 5) is 15.0. The summed E-state index contributed by atoms with van der Waals surface area (Å²) < 4.78 is 12.1. The lowest BCUT2D eigenvalue weighted by molar-refractivity contribution is 0.0234. The van der Waals surface area contributed by atoms with E-state index < -0.39 is 0 Å². The van der Waals surface area contributed by atoms with Crippen molar-refractivity contribution in [1.82, 2.24) is 20.2 Å². The van der Waals surface area contributed by atoms with Gasteiger partial charge in [-0.3, -0.25) is 9.88 Å². The Labute approximate surface area is 240 Å². The van der Waals surface area contributed by atoms with E-state index in [9.17, 15) is 5.11 Å². The summed E-state index contributed by atoms with van der Waals surface area (Å²) in [6, 6.07) is 17.0. The second kappa shape index (κ2) is 10.1. The molecule has 1 aliphatic carbocycles. The van der Waals surface area contributed by atoms with Gasteiger partial charge in [-0.05, 0) is 60.2 Å². The Morgan fingerprint density at radius 2 is 1.83 bits per heavy atom. The molecule has 2 bridgehead atoms. The van der Waals surface area contributed by atoms with E-state index in [-0.39, 0.29) is 11.2 Å². The number of hydrogen-bond acceptors (Lipinski definition) is 8. The molecule has 0 radical (unpaired) electrons. The van der Waals surface area contributed by atoms with Gasteiger partial charge in [-0.1, -0.05) is 24.3 Å². The monoisotopic (exact) mass is 551 g/mol. The van der Waals surface area contributed by atoms with E-state index in [4.69, 9.17) is 19.4 Å². The Kier molecular flexibility index (Phi) is 6.23. The van der Waals surface area contributed by atoms with Gasteiger partial charge in [-0.2, -0.15) is 0 Å². The fourth-order valence-corrected chi connectivity index (χ4v) is 7.05. The van der Waals surface area contributed by atoms with Crippen LogP contribution in [-0.4, -0.2) is 84.6 Å². The summed E-state index contributed by atoms with van der Waals surface area (Å²) in [7, 11) is 0. The van der Waals surface area contributed by atoms with Crippen LogP contribution < -0.4 is 15.0 Å². The third kappa shape index (κ3) is 4.98. The molecule has 5 heterocycles. The molecule has 4 fully saturated rings. The number of phenolic OH excluding ortho intramolecular Hbond substituents is 1. The number of aromatic nitrogens is 2. The fourth-order valence-electron chi connectivity index (χ4n) is 7.05. The number of nitrogens with one attached hydrogen (secondary N) is 1. The summed E-state index contributed by atoms with van der Waals surface area (Å²) in [6.07, 6.45) is 6.76. The van der Waals surface area contributed by atoms with Crippen molar-refractivity contribution in [2.45, 2.75) is 37.8 Å². The van der Waals surface area contributed by atoms with Gasteiger partial charge in [0, 0.05) is 68.0 Å². The molecule has 4 aromatic rings. The standard InChI is InChI=1S/C33H37N5O3/c39-26-13-22-3-1-2-4-27(22)28(15-26)23-14-29-32(34-17-23)30(38-18-24-5-6-25(19-38)35-24)16-31(36-29)41-21-33(7-8-33)20-37-9-11-40-12-10-37/h1-4,13-17,24-25,35,39H,5-12,18-21H2. The maximum atomic E-state index is 10.5. The van der Waals surface area contributed by atoms with Gasteiger partial charge < -0.3 is 24.8 Å². The van der Waals surface area contributed by atoms with Crippen LogP contribution in [0.25, 0.3) is 32.9 Å². The number of anilines is 1. The van der Waals surface area contributed by atoms with E-state index in [0.717, 1.165) is 84.6 Å². The highest BCUT2D eigenvalue weighted by atomic mass is 16.5. The number of aromatic hydroxyl groups is 1. The molecular formula is C33H37N5O3. The summed E-state index contributed by atoms with van der Waals surface area (Å²) >= 11 is 0. The quantitative estimate of drug-likeness (QED) is 0.345. The molecule has 2 N–H and O–H groups in total. The maximum absolute atomic E-state index is 10.5. The van der Waals surface area contributed by atoms with Crippen molar-refractivity contribution >= 4 is 27.5 Å². The van der Waals surface area contributed by atoms with Crippen LogP contribution in [0.5, 0.6) is 11.6 Å². The minimum Gasteiger partial charge on any atom is -0.508 e. The minimum absolute atomic E-state index is 0.211. The van der Waals surface area contributed by atoms with Crippen molar-refractivity contribution in [3.05, 3.63) is 54.7 Å². The van der Waals surface area contributed by atoms with Crippen molar-refractivity contribution in [3.8, 4) is 22.8 Å². The third-order valence-electron chi connectivity index (χ3n) is 9.46. The average Bonchev–Trinajstić information content (AvgIpc) is 3.68. The van der Waals surface area contributed by atoms with Gasteiger partial charge >= 0.3 is 0 Å². The topological polar surface area (TPSA) is 83.0 Å². The molecule has 3 aliphatic heterocycles. The molecule has 8 heteroatoms. The molecular weight excluding hydrogens is 514 g/mol. The zero-order valence-corrected chi connectivity index (χ0v) is 23.4. The molecule has 8 nitrogen and oxygen atoms in total. The average molecular weight is 552 g/mol. The van der Waals surface area contributed by atoms with Gasteiger partial charge in [-0.15, -0.1) is 0 Å². The van der Waals surface area contributed by atoms with Crippen LogP contribution >= 0.6 is 0 Å². The van der Waals surface area contributed by atoms with Crippen LogP contribution in [0, 0.1) is 5.41 Å². The lowest BCUT2D eigenvalue weighted by Gasteiger charge is -2.35. The summed E-state index contributed by atoms with van der Waals surface area (Å²) in [6.45, 7) is 7.33. The number of piperazine rings is 1. The highest BCUT2D eigenvalue weighted by Crippen LogP contribution is 2.47. The van der Waals surface area contributed by atoms with Crippen molar-refractivity contribution in [2.24, 2.45) is 5.41 Å².